The topological polar surface area (TPSA) is 83.8 Å². The van der Waals surface area contributed by atoms with Gasteiger partial charge in [0, 0.05) is 29.6 Å². The van der Waals surface area contributed by atoms with E-state index in [0.29, 0.717) is 22.8 Å². The highest BCUT2D eigenvalue weighted by Gasteiger charge is 2.06. The van der Waals surface area contributed by atoms with E-state index in [2.05, 4.69) is 15.3 Å². The Balaban J connectivity index is 1.72. The molecule has 0 saturated heterocycles. The highest BCUT2D eigenvalue weighted by atomic mass is 35.5. The second kappa shape index (κ2) is 7.21. The number of H-pyrrole nitrogens is 1. The molecule has 20 heavy (non-hydrogen) atoms. The third kappa shape index (κ3) is 4.47. The van der Waals surface area contributed by atoms with Gasteiger partial charge in [0.2, 0.25) is 5.91 Å². The molecule has 0 aliphatic heterocycles. The fourth-order valence-corrected chi connectivity index (χ4v) is 2.54. The third-order valence-electron chi connectivity index (χ3n) is 2.55. The van der Waals surface area contributed by atoms with Crippen molar-refractivity contribution in [1.29, 1.82) is 0 Å². The lowest BCUT2D eigenvalue weighted by molar-refractivity contribution is -0.116. The van der Waals surface area contributed by atoms with Crippen molar-refractivity contribution in [2.45, 2.75) is 18.0 Å². The number of carbonyl (C=O) groups is 1. The zero-order valence-corrected chi connectivity index (χ0v) is 12.3. The summed E-state index contributed by atoms with van der Waals surface area (Å²) in [5, 5.41) is 4.19. The Morgan fingerprint density at radius 1 is 1.50 bits per heavy atom. The van der Waals surface area contributed by atoms with Crippen LogP contribution in [0.1, 0.15) is 12.8 Å². The van der Waals surface area contributed by atoms with Gasteiger partial charge in [-0.25, -0.2) is 4.98 Å². The summed E-state index contributed by atoms with van der Waals surface area (Å²) in [6.45, 7) is 0. The van der Waals surface area contributed by atoms with E-state index in [4.69, 9.17) is 17.3 Å². The number of benzene rings is 1. The summed E-state index contributed by atoms with van der Waals surface area (Å²) < 4.78 is 0. The highest BCUT2D eigenvalue weighted by Crippen LogP contribution is 2.23. The molecule has 7 heteroatoms. The molecule has 2 rings (SSSR count). The second-order valence-electron chi connectivity index (χ2n) is 4.13. The number of hydrogen-bond acceptors (Lipinski definition) is 4. The van der Waals surface area contributed by atoms with E-state index < -0.39 is 0 Å². The summed E-state index contributed by atoms with van der Waals surface area (Å²) in [5.41, 5.74) is 6.84. The number of imidazole rings is 1. The van der Waals surface area contributed by atoms with Gasteiger partial charge in [0.1, 0.15) is 0 Å². The van der Waals surface area contributed by atoms with E-state index in [1.54, 1.807) is 42.4 Å². The van der Waals surface area contributed by atoms with Gasteiger partial charge in [-0.3, -0.25) is 4.79 Å². The van der Waals surface area contributed by atoms with Crippen LogP contribution in [0.15, 0.2) is 35.7 Å². The van der Waals surface area contributed by atoms with Crippen molar-refractivity contribution in [3.63, 3.8) is 0 Å². The Morgan fingerprint density at radius 2 is 2.35 bits per heavy atom. The van der Waals surface area contributed by atoms with Gasteiger partial charge in [-0.15, -0.1) is 0 Å². The first kappa shape index (κ1) is 14.7. The number of thioether (sulfide) groups is 1. The minimum absolute atomic E-state index is 0.0564. The van der Waals surface area contributed by atoms with Crippen LogP contribution in [0.25, 0.3) is 0 Å². The van der Waals surface area contributed by atoms with Crippen LogP contribution in [0.5, 0.6) is 0 Å². The van der Waals surface area contributed by atoms with Gasteiger partial charge in [-0.05, 0) is 24.6 Å². The van der Waals surface area contributed by atoms with E-state index in [1.165, 1.54) is 0 Å². The second-order valence-corrected chi connectivity index (χ2v) is 5.65. The lowest BCUT2D eigenvalue weighted by Gasteiger charge is -2.08. The zero-order valence-electron chi connectivity index (χ0n) is 10.7. The number of nitrogen functional groups attached to an aromatic ring is 1. The maximum atomic E-state index is 11.8. The number of hydrogen-bond donors (Lipinski definition) is 3. The molecule has 4 N–H and O–H groups in total. The molecule has 1 aromatic carbocycles. The average molecular weight is 311 g/mol. The number of anilines is 2. The summed E-state index contributed by atoms with van der Waals surface area (Å²) in [5.74, 6) is 0.774. The monoisotopic (exact) mass is 310 g/mol. The van der Waals surface area contributed by atoms with Gasteiger partial charge in [0.15, 0.2) is 5.16 Å². The summed E-state index contributed by atoms with van der Waals surface area (Å²) >= 11 is 7.39. The smallest absolute Gasteiger partial charge is 0.224 e. The molecule has 0 unspecified atom stereocenters. The van der Waals surface area contributed by atoms with Gasteiger partial charge >= 0.3 is 0 Å². The predicted molar refractivity (Wildman–Crippen MR) is 83.0 cm³/mol. The Morgan fingerprint density at radius 3 is 3.05 bits per heavy atom. The van der Waals surface area contributed by atoms with Crippen LogP contribution in [-0.4, -0.2) is 21.6 Å². The maximum absolute atomic E-state index is 11.8. The normalized spacial score (nSPS) is 10.4. The Labute approximate surface area is 126 Å². The number of carbonyl (C=O) groups excluding carboxylic acids is 1. The summed E-state index contributed by atoms with van der Waals surface area (Å²) in [4.78, 5) is 18.9. The third-order valence-corrected chi connectivity index (χ3v) is 3.77. The van der Waals surface area contributed by atoms with Crippen molar-refractivity contribution in [3.05, 3.63) is 35.6 Å². The largest absolute Gasteiger partial charge is 0.397 e. The highest BCUT2D eigenvalue weighted by molar-refractivity contribution is 7.99. The van der Waals surface area contributed by atoms with E-state index in [1.807, 2.05) is 0 Å². The fraction of sp³-hybridized carbons (Fsp3) is 0.231. The van der Waals surface area contributed by atoms with Crippen molar-refractivity contribution in [2.75, 3.05) is 16.8 Å². The molecule has 0 bridgehead atoms. The molecule has 5 nitrogen and oxygen atoms in total. The molecule has 0 spiro atoms. The van der Waals surface area contributed by atoms with Crippen LogP contribution in [0.4, 0.5) is 11.4 Å². The SMILES string of the molecule is Nc1cc(Cl)ccc1NC(=O)CCCSc1ncc[nH]1. The van der Waals surface area contributed by atoms with Crippen LogP contribution in [0.2, 0.25) is 5.02 Å². The standard InChI is InChI=1S/C13H15ClN4OS/c14-9-3-4-11(10(15)8-9)18-12(19)2-1-7-20-13-16-5-6-17-13/h3-6,8H,1-2,7,15H2,(H,16,17)(H,18,19). The van der Waals surface area contributed by atoms with Crippen LogP contribution in [-0.2, 0) is 4.79 Å². The predicted octanol–water partition coefficient (Wildman–Crippen LogP) is 3.16. The van der Waals surface area contributed by atoms with Crippen molar-refractivity contribution >= 4 is 40.6 Å². The van der Waals surface area contributed by atoms with Crippen molar-refractivity contribution in [1.82, 2.24) is 9.97 Å². The molecular formula is C13H15ClN4OS. The molecular weight excluding hydrogens is 296 g/mol. The lowest BCUT2D eigenvalue weighted by atomic mass is 10.2. The first-order valence-corrected chi connectivity index (χ1v) is 7.48. The first-order chi connectivity index (χ1) is 9.65. The van der Waals surface area contributed by atoms with Crippen LogP contribution < -0.4 is 11.1 Å². The average Bonchev–Trinajstić information content (AvgIpc) is 2.91. The maximum Gasteiger partial charge on any atom is 0.224 e. The minimum Gasteiger partial charge on any atom is -0.397 e. The van der Waals surface area contributed by atoms with E-state index in [9.17, 15) is 4.79 Å². The number of halogens is 1. The van der Waals surface area contributed by atoms with Gasteiger partial charge in [0.05, 0.1) is 11.4 Å². The van der Waals surface area contributed by atoms with E-state index in [-0.39, 0.29) is 5.91 Å². The Kier molecular flexibility index (Phi) is 5.31. The van der Waals surface area contributed by atoms with E-state index in [0.717, 1.165) is 17.3 Å². The summed E-state index contributed by atoms with van der Waals surface area (Å²) in [7, 11) is 0. The lowest BCUT2D eigenvalue weighted by Crippen LogP contribution is -2.12. The minimum atomic E-state index is -0.0564. The summed E-state index contributed by atoms with van der Waals surface area (Å²) in [6.07, 6.45) is 4.69. The quantitative estimate of drug-likeness (QED) is 0.435. The van der Waals surface area contributed by atoms with Gasteiger partial charge < -0.3 is 16.0 Å². The summed E-state index contributed by atoms with van der Waals surface area (Å²) in [6, 6.07) is 5.01. The number of aromatic amines is 1. The number of rotatable bonds is 6. The van der Waals surface area contributed by atoms with Crippen molar-refractivity contribution in [3.8, 4) is 0 Å². The molecule has 0 saturated carbocycles. The van der Waals surface area contributed by atoms with Crippen LogP contribution in [0.3, 0.4) is 0 Å². The molecule has 1 amide bonds. The van der Waals surface area contributed by atoms with Gasteiger partial charge in [-0.2, -0.15) is 0 Å². The number of aromatic nitrogens is 2. The van der Waals surface area contributed by atoms with Gasteiger partial charge in [0.25, 0.3) is 0 Å². The molecule has 0 fully saturated rings. The molecule has 0 radical (unpaired) electrons. The van der Waals surface area contributed by atoms with Crippen LogP contribution in [0, 0.1) is 0 Å². The van der Waals surface area contributed by atoms with Crippen molar-refractivity contribution in [2.24, 2.45) is 0 Å². The molecule has 2 aromatic rings. The molecule has 0 aliphatic rings. The molecule has 1 heterocycles. The van der Waals surface area contributed by atoms with Crippen molar-refractivity contribution < 1.29 is 4.79 Å². The number of amides is 1. The molecule has 106 valence electrons. The van der Waals surface area contributed by atoms with E-state index >= 15 is 0 Å². The fourth-order valence-electron chi connectivity index (χ4n) is 1.59. The molecule has 0 aliphatic carbocycles. The number of nitrogens with one attached hydrogen (secondary N) is 2. The zero-order chi connectivity index (χ0) is 14.4. The molecule has 0 atom stereocenters. The Bertz CT molecular complexity index is 574. The molecule has 1 aromatic heterocycles. The number of nitrogens with two attached hydrogens (primary N) is 1. The van der Waals surface area contributed by atoms with Crippen LogP contribution >= 0.6 is 23.4 Å². The number of nitrogens with zero attached hydrogens (tertiary/aromatic N) is 1. The first-order valence-electron chi connectivity index (χ1n) is 6.12. The Hall–Kier alpha value is -1.66. The van der Waals surface area contributed by atoms with Gasteiger partial charge in [-0.1, -0.05) is 23.4 Å².